The van der Waals surface area contributed by atoms with Gasteiger partial charge in [0.15, 0.2) is 5.82 Å². The average Bonchev–Trinajstić information content (AvgIpc) is 2.83. The molecule has 2 rings (SSSR count). The van der Waals surface area contributed by atoms with Gasteiger partial charge in [-0.3, -0.25) is 0 Å². The third-order valence-corrected chi connectivity index (χ3v) is 2.58. The van der Waals surface area contributed by atoms with Crippen molar-refractivity contribution in [3.63, 3.8) is 0 Å². The van der Waals surface area contributed by atoms with Crippen LogP contribution in [0.2, 0.25) is 0 Å². The van der Waals surface area contributed by atoms with Gasteiger partial charge in [0.05, 0.1) is 0 Å². The molecular formula is C12H14FN3O. The summed E-state index contributed by atoms with van der Waals surface area (Å²) in [5, 5.41) is 7.03. The van der Waals surface area contributed by atoms with Crippen molar-refractivity contribution in [3.8, 4) is 0 Å². The van der Waals surface area contributed by atoms with E-state index in [1.807, 2.05) is 6.92 Å². The molecule has 0 aliphatic rings. The van der Waals surface area contributed by atoms with Gasteiger partial charge in [-0.1, -0.05) is 17.3 Å². The molecule has 1 aromatic heterocycles. The largest absolute Gasteiger partial charge is 0.343 e. The van der Waals surface area contributed by atoms with E-state index in [1.165, 1.54) is 18.5 Å². The van der Waals surface area contributed by atoms with Crippen molar-refractivity contribution in [1.82, 2.24) is 15.5 Å². The predicted octanol–water partition coefficient (Wildman–Crippen LogP) is 2.10. The van der Waals surface area contributed by atoms with Crippen LogP contribution in [0.25, 0.3) is 0 Å². The third kappa shape index (κ3) is 3.35. The van der Waals surface area contributed by atoms with Gasteiger partial charge in [-0.2, -0.15) is 4.98 Å². The number of hydrogen-bond acceptors (Lipinski definition) is 4. The fraction of sp³-hybridized carbons (Fsp3) is 0.333. The third-order valence-electron chi connectivity index (χ3n) is 2.58. The molecule has 1 aromatic carbocycles. The zero-order valence-corrected chi connectivity index (χ0v) is 9.56. The van der Waals surface area contributed by atoms with Gasteiger partial charge in [-0.25, -0.2) is 4.39 Å². The summed E-state index contributed by atoms with van der Waals surface area (Å²) < 4.78 is 17.4. The lowest BCUT2D eigenvalue weighted by molar-refractivity contribution is 0.408. The molecule has 1 unspecified atom stereocenters. The Hall–Kier alpha value is -1.75. The number of rotatable bonds is 5. The Balaban J connectivity index is 1.81. The first-order chi connectivity index (χ1) is 8.25. The van der Waals surface area contributed by atoms with Crippen molar-refractivity contribution in [2.45, 2.75) is 19.4 Å². The molecule has 1 heterocycles. The van der Waals surface area contributed by atoms with Crippen molar-refractivity contribution >= 4 is 0 Å². The maximum Gasteiger partial charge on any atom is 0.213 e. The quantitative estimate of drug-likeness (QED) is 0.862. The summed E-state index contributed by atoms with van der Waals surface area (Å²) in [5.41, 5.74) is 1.06. The van der Waals surface area contributed by atoms with Crippen molar-refractivity contribution in [2.24, 2.45) is 0 Å². The van der Waals surface area contributed by atoms with Gasteiger partial charge in [0, 0.05) is 19.0 Å². The molecule has 5 heteroatoms. The Morgan fingerprint density at radius 3 is 2.76 bits per heavy atom. The van der Waals surface area contributed by atoms with Crippen molar-refractivity contribution in [3.05, 3.63) is 47.9 Å². The Bertz CT molecular complexity index is 441. The first kappa shape index (κ1) is 11.7. The lowest BCUT2D eigenvalue weighted by Gasteiger charge is -2.13. The van der Waals surface area contributed by atoms with E-state index < -0.39 is 0 Å². The van der Waals surface area contributed by atoms with Crippen LogP contribution in [0.1, 0.15) is 24.4 Å². The lowest BCUT2D eigenvalue weighted by atomic mass is 10.1. The molecule has 0 saturated heterocycles. The fourth-order valence-electron chi connectivity index (χ4n) is 1.57. The average molecular weight is 235 g/mol. The molecule has 4 nitrogen and oxygen atoms in total. The summed E-state index contributed by atoms with van der Waals surface area (Å²) in [6.45, 7) is 2.78. The van der Waals surface area contributed by atoms with Gasteiger partial charge in [-0.05, 0) is 24.6 Å². The van der Waals surface area contributed by atoms with E-state index in [-0.39, 0.29) is 11.9 Å². The van der Waals surface area contributed by atoms with E-state index in [1.54, 1.807) is 12.1 Å². The first-order valence-electron chi connectivity index (χ1n) is 5.50. The predicted molar refractivity (Wildman–Crippen MR) is 60.8 cm³/mol. The van der Waals surface area contributed by atoms with Crippen LogP contribution in [0.15, 0.2) is 35.2 Å². The molecule has 0 aliphatic carbocycles. The molecule has 90 valence electrons. The second kappa shape index (κ2) is 5.54. The van der Waals surface area contributed by atoms with Crippen LogP contribution >= 0.6 is 0 Å². The van der Waals surface area contributed by atoms with Crippen LogP contribution in [0, 0.1) is 5.82 Å². The summed E-state index contributed by atoms with van der Waals surface area (Å²) in [5.74, 6) is 0.469. The molecule has 0 aliphatic heterocycles. The lowest BCUT2D eigenvalue weighted by Crippen LogP contribution is -2.21. The molecule has 0 saturated carbocycles. The van der Waals surface area contributed by atoms with Crippen molar-refractivity contribution in [2.75, 3.05) is 6.54 Å². The highest BCUT2D eigenvalue weighted by atomic mass is 19.1. The number of benzene rings is 1. The zero-order valence-electron chi connectivity index (χ0n) is 9.56. The number of nitrogens with zero attached hydrogens (tertiary/aromatic N) is 2. The van der Waals surface area contributed by atoms with Gasteiger partial charge < -0.3 is 9.84 Å². The normalized spacial score (nSPS) is 12.6. The van der Waals surface area contributed by atoms with E-state index in [0.717, 1.165) is 12.1 Å². The van der Waals surface area contributed by atoms with Crippen LogP contribution in [0.5, 0.6) is 0 Å². The molecule has 0 bridgehead atoms. The van der Waals surface area contributed by atoms with Crippen LogP contribution in [-0.2, 0) is 6.42 Å². The number of hydrogen-bond donors (Lipinski definition) is 1. The summed E-state index contributed by atoms with van der Waals surface area (Å²) in [4.78, 5) is 3.93. The molecule has 0 spiro atoms. The molecule has 1 N–H and O–H groups in total. The second-order valence-electron chi connectivity index (χ2n) is 3.82. The van der Waals surface area contributed by atoms with E-state index in [2.05, 4.69) is 20.0 Å². The Morgan fingerprint density at radius 1 is 1.35 bits per heavy atom. The summed E-state index contributed by atoms with van der Waals surface area (Å²) in [6.07, 6.45) is 2.03. The minimum atomic E-state index is -0.215. The van der Waals surface area contributed by atoms with Gasteiger partial charge in [0.2, 0.25) is 6.39 Å². The van der Waals surface area contributed by atoms with Crippen LogP contribution < -0.4 is 5.32 Å². The zero-order chi connectivity index (χ0) is 12.1. The van der Waals surface area contributed by atoms with Crippen molar-refractivity contribution < 1.29 is 8.91 Å². The molecule has 2 aromatic rings. The SMILES string of the molecule is CC(NCCc1ncon1)c1ccc(F)cc1. The Kier molecular flexibility index (Phi) is 3.82. The first-order valence-corrected chi connectivity index (χ1v) is 5.50. The maximum atomic E-state index is 12.7. The topological polar surface area (TPSA) is 51.0 Å². The highest BCUT2D eigenvalue weighted by Crippen LogP contribution is 2.12. The Labute approximate surface area is 98.8 Å². The number of aromatic nitrogens is 2. The Morgan fingerprint density at radius 2 is 2.12 bits per heavy atom. The molecule has 0 amide bonds. The molecule has 17 heavy (non-hydrogen) atoms. The minimum Gasteiger partial charge on any atom is -0.343 e. The fourth-order valence-corrected chi connectivity index (χ4v) is 1.57. The molecule has 1 atom stereocenters. The van der Waals surface area contributed by atoms with Gasteiger partial charge in [-0.15, -0.1) is 0 Å². The van der Waals surface area contributed by atoms with Crippen LogP contribution in [0.4, 0.5) is 4.39 Å². The molecular weight excluding hydrogens is 221 g/mol. The number of nitrogens with one attached hydrogen (secondary N) is 1. The molecule has 0 fully saturated rings. The highest BCUT2D eigenvalue weighted by Gasteiger charge is 2.05. The van der Waals surface area contributed by atoms with Gasteiger partial charge in [0.1, 0.15) is 5.82 Å². The smallest absolute Gasteiger partial charge is 0.213 e. The van der Waals surface area contributed by atoms with E-state index in [4.69, 9.17) is 0 Å². The van der Waals surface area contributed by atoms with E-state index >= 15 is 0 Å². The number of halogens is 1. The summed E-state index contributed by atoms with van der Waals surface area (Å²) in [7, 11) is 0. The maximum absolute atomic E-state index is 12.7. The standard InChI is InChI=1S/C12H14FN3O/c1-9(10-2-4-11(13)5-3-10)14-7-6-12-15-8-17-16-12/h2-5,8-9,14H,6-7H2,1H3. The van der Waals surface area contributed by atoms with E-state index in [0.29, 0.717) is 12.2 Å². The van der Waals surface area contributed by atoms with Gasteiger partial charge in [0.25, 0.3) is 0 Å². The minimum absolute atomic E-state index is 0.169. The highest BCUT2D eigenvalue weighted by molar-refractivity contribution is 5.19. The molecule has 0 radical (unpaired) electrons. The van der Waals surface area contributed by atoms with E-state index in [9.17, 15) is 4.39 Å². The summed E-state index contributed by atoms with van der Waals surface area (Å²) >= 11 is 0. The van der Waals surface area contributed by atoms with Crippen LogP contribution in [0.3, 0.4) is 0 Å². The van der Waals surface area contributed by atoms with Crippen molar-refractivity contribution in [1.29, 1.82) is 0 Å². The van der Waals surface area contributed by atoms with Gasteiger partial charge >= 0.3 is 0 Å². The summed E-state index contributed by atoms with van der Waals surface area (Å²) in [6, 6.07) is 6.66. The monoisotopic (exact) mass is 235 g/mol. The van der Waals surface area contributed by atoms with Crippen LogP contribution in [-0.4, -0.2) is 16.7 Å². The second-order valence-corrected chi connectivity index (χ2v) is 3.82.